The molecular formula is C14H16F2N2O. The summed E-state index contributed by atoms with van der Waals surface area (Å²) in [4.78, 5) is 0. The molecule has 19 heavy (non-hydrogen) atoms. The van der Waals surface area contributed by atoms with Crippen LogP contribution in [0.3, 0.4) is 0 Å². The van der Waals surface area contributed by atoms with Crippen LogP contribution in [0.4, 0.5) is 8.78 Å². The number of benzene rings is 1. The average molecular weight is 266 g/mol. The van der Waals surface area contributed by atoms with Crippen molar-refractivity contribution in [3.05, 3.63) is 29.3 Å². The van der Waals surface area contributed by atoms with Crippen LogP contribution in [0.25, 0.3) is 0 Å². The molecule has 2 rings (SSSR count). The lowest BCUT2D eigenvalue weighted by atomic mass is 9.93. The van der Waals surface area contributed by atoms with Gasteiger partial charge in [-0.05, 0) is 32.7 Å². The molecule has 1 aromatic carbocycles. The van der Waals surface area contributed by atoms with Crippen molar-refractivity contribution in [1.82, 2.24) is 5.32 Å². The highest BCUT2D eigenvalue weighted by atomic mass is 19.1. The number of hydrogen-bond donors (Lipinski definition) is 1. The van der Waals surface area contributed by atoms with Gasteiger partial charge in [0.25, 0.3) is 0 Å². The van der Waals surface area contributed by atoms with Crippen molar-refractivity contribution >= 4 is 0 Å². The molecule has 0 bridgehead atoms. The lowest BCUT2D eigenvalue weighted by Gasteiger charge is -2.28. The molecule has 1 saturated carbocycles. The number of nitriles is 1. The van der Waals surface area contributed by atoms with Gasteiger partial charge >= 0.3 is 0 Å². The Morgan fingerprint density at radius 1 is 1.21 bits per heavy atom. The van der Waals surface area contributed by atoms with Crippen LogP contribution in [0.5, 0.6) is 5.75 Å². The third-order valence-corrected chi connectivity index (χ3v) is 3.51. The summed E-state index contributed by atoms with van der Waals surface area (Å²) in [6.45, 7) is 0. The second kappa shape index (κ2) is 5.98. The number of nitrogens with one attached hydrogen (secondary N) is 1. The molecule has 0 unspecified atom stereocenters. The molecule has 3 nitrogen and oxygen atoms in total. The highest BCUT2D eigenvalue weighted by molar-refractivity contribution is 5.37. The Hall–Kier alpha value is -1.67. The molecule has 102 valence electrons. The fourth-order valence-electron chi connectivity index (χ4n) is 2.39. The maximum atomic E-state index is 13.4. The Labute approximate surface area is 111 Å². The van der Waals surface area contributed by atoms with E-state index in [1.54, 1.807) is 0 Å². The van der Waals surface area contributed by atoms with E-state index in [1.165, 1.54) is 6.07 Å². The summed E-state index contributed by atoms with van der Waals surface area (Å²) in [7, 11) is 1.93. The molecule has 5 heteroatoms. The molecule has 0 amide bonds. The standard InChI is InChI=1S/C14H16F2N2O/c1-18-9-2-4-10(5-3-9)19-11-6-13(15)12(8-17)14(16)7-11/h6-7,9-10,18H,2-5H2,1H3. The topological polar surface area (TPSA) is 45.0 Å². The molecule has 0 aliphatic heterocycles. The Balaban J connectivity index is 2.03. The Morgan fingerprint density at radius 2 is 1.79 bits per heavy atom. The van der Waals surface area contributed by atoms with Crippen LogP contribution in [0.2, 0.25) is 0 Å². The van der Waals surface area contributed by atoms with Crippen molar-refractivity contribution < 1.29 is 13.5 Å². The van der Waals surface area contributed by atoms with Crippen LogP contribution in [0.1, 0.15) is 31.2 Å². The SMILES string of the molecule is CNC1CCC(Oc2cc(F)c(C#N)c(F)c2)CC1. The second-order valence-electron chi connectivity index (χ2n) is 4.75. The zero-order valence-corrected chi connectivity index (χ0v) is 10.7. The molecule has 1 aliphatic rings. The fraction of sp³-hybridized carbons (Fsp3) is 0.500. The second-order valence-corrected chi connectivity index (χ2v) is 4.75. The highest BCUT2D eigenvalue weighted by Crippen LogP contribution is 2.26. The molecule has 0 aromatic heterocycles. The van der Waals surface area contributed by atoms with Crippen LogP contribution in [-0.2, 0) is 0 Å². The van der Waals surface area contributed by atoms with Crippen molar-refractivity contribution in [3.63, 3.8) is 0 Å². The summed E-state index contributed by atoms with van der Waals surface area (Å²) in [6, 6.07) is 4.14. The number of rotatable bonds is 3. The largest absolute Gasteiger partial charge is 0.490 e. The average Bonchev–Trinajstić information content (AvgIpc) is 2.39. The van der Waals surface area contributed by atoms with E-state index in [0.29, 0.717) is 6.04 Å². The van der Waals surface area contributed by atoms with Gasteiger partial charge in [0.05, 0.1) is 6.10 Å². The molecule has 0 saturated heterocycles. The van der Waals surface area contributed by atoms with Crippen molar-refractivity contribution in [2.24, 2.45) is 0 Å². The van der Waals surface area contributed by atoms with E-state index in [0.717, 1.165) is 37.8 Å². The minimum absolute atomic E-state index is 0.0173. The van der Waals surface area contributed by atoms with Crippen molar-refractivity contribution in [3.8, 4) is 11.8 Å². The summed E-state index contributed by atoms with van der Waals surface area (Å²) in [5.74, 6) is -1.59. The smallest absolute Gasteiger partial charge is 0.147 e. The van der Waals surface area contributed by atoms with Crippen LogP contribution >= 0.6 is 0 Å². The Morgan fingerprint density at radius 3 is 2.26 bits per heavy atom. The molecule has 1 aromatic rings. The van der Waals surface area contributed by atoms with Gasteiger partial charge in [-0.1, -0.05) is 0 Å². The van der Waals surface area contributed by atoms with Crippen LogP contribution < -0.4 is 10.1 Å². The van der Waals surface area contributed by atoms with Gasteiger partial charge in [0.1, 0.15) is 29.0 Å². The van der Waals surface area contributed by atoms with E-state index in [1.807, 2.05) is 7.05 Å². The molecule has 0 spiro atoms. The minimum Gasteiger partial charge on any atom is -0.490 e. The first kappa shape index (κ1) is 13.8. The summed E-state index contributed by atoms with van der Waals surface area (Å²) in [6.07, 6.45) is 3.67. The van der Waals surface area contributed by atoms with Gasteiger partial charge in [-0.15, -0.1) is 0 Å². The Bertz CT molecular complexity index is 468. The van der Waals surface area contributed by atoms with Crippen LogP contribution in [-0.4, -0.2) is 19.2 Å². The number of halogens is 2. The monoisotopic (exact) mass is 266 g/mol. The van der Waals surface area contributed by atoms with E-state index in [9.17, 15) is 8.78 Å². The maximum Gasteiger partial charge on any atom is 0.147 e. The first-order valence-corrected chi connectivity index (χ1v) is 6.37. The van der Waals surface area contributed by atoms with Gasteiger partial charge in [-0.2, -0.15) is 5.26 Å². The molecule has 0 atom stereocenters. The fourth-order valence-corrected chi connectivity index (χ4v) is 2.39. The first-order chi connectivity index (χ1) is 9.13. The lowest BCUT2D eigenvalue weighted by molar-refractivity contribution is 0.140. The summed E-state index contributed by atoms with van der Waals surface area (Å²) >= 11 is 0. The summed E-state index contributed by atoms with van der Waals surface area (Å²) in [5.41, 5.74) is -0.564. The van der Waals surface area contributed by atoms with Gasteiger partial charge < -0.3 is 10.1 Å². The van der Waals surface area contributed by atoms with Crippen molar-refractivity contribution in [1.29, 1.82) is 5.26 Å². The van der Waals surface area contributed by atoms with E-state index in [2.05, 4.69) is 5.32 Å². The third-order valence-electron chi connectivity index (χ3n) is 3.51. The molecule has 1 N–H and O–H groups in total. The normalized spacial score (nSPS) is 22.8. The molecular weight excluding hydrogens is 250 g/mol. The number of hydrogen-bond acceptors (Lipinski definition) is 3. The van der Waals surface area contributed by atoms with Gasteiger partial charge in [-0.25, -0.2) is 8.78 Å². The quantitative estimate of drug-likeness (QED) is 0.915. The maximum absolute atomic E-state index is 13.4. The molecule has 0 radical (unpaired) electrons. The Kier molecular flexibility index (Phi) is 4.33. The summed E-state index contributed by atoms with van der Waals surface area (Å²) in [5, 5.41) is 11.8. The minimum atomic E-state index is -0.874. The van der Waals surface area contributed by atoms with Crippen molar-refractivity contribution in [2.75, 3.05) is 7.05 Å². The van der Waals surface area contributed by atoms with E-state index in [4.69, 9.17) is 10.00 Å². The highest BCUT2D eigenvalue weighted by Gasteiger charge is 2.22. The van der Waals surface area contributed by atoms with Crippen LogP contribution in [0, 0.1) is 23.0 Å². The lowest BCUT2D eigenvalue weighted by Crippen LogP contribution is -2.34. The van der Waals surface area contributed by atoms with Crippen LogP contribution in [0.15, 0.2) is 12.1 Å². The van der Waals surface area contributed by atoms with Gasteiger partial charge in [0.2, 0.25) is 0 Å². The summed E-state index contributed by atoms with van der Waals surface area (Å²) < 4.78 is 32.5. The molecule has 0 heterocycles. The molecule has 1 aliphatic carbocycles. The van der Waals surface area contributed by atoms with Gasteiger partial charge in [0, 0.05) is 18.2 Å². The zero-order valence-electron chi connectivity index (χ0n) is 10.7. The van der Waals surface area contributed by atoms with E-state index >= 15 is 0 Å². The van der Waals surface area contributed by atoms with E-state index in [-0.39, 0.29) is 11.9 Å². The zero-order chi connectivity index (χ0) is 13.8. The third kappa shape index (κ3) is 3.21. The van der Waals surface area contributed by atoms with Gasteiger partial charge in [-0.3, -0.25) is 0 Å². The predicted molar refractivity (Wildman–Crippen MR) is 66.8 cm³/mol. The van der Waals surface area contributed by atoms with Crippen molar-refractivity contribution in [2.45, 2.75) is 37.8 Å². The number of ether oxygens (including phenoxy) is 1. The van der Waals surface area contributed by atoms with E-state index < -0.39 is 17.2 Å². The number of nitrogens with zero attached hydrogens (tertiary/aromatic N) is 1. The first-order valence-electron chi connectivity index (χ1n) is 6.37. The molecule has 1 fully saturated rings. The predicted octanol–water partition coefficient (Wildman–Crippen LogP) is 2.75. The van der Waals surface area contributed by atoms with Gasteiger partial charge in [0.15, 0.2) is 0 Å².